The highest BCUT2D eigenvalue weighted by atomic mass is 16.6. The van der Waals surface area contributed by atoms with Gasteiger partial charge in [-0.3, -0.25) is 9.59 Å². The Balaban J connectivity index is 1.07. The van der Waals surface area contributed by atoms with Gasteiger partial charge in [0.15, 0.2) is 0 Å². The maximum atomic E-state index is 12.3. The lowest BCUT2D eigenvalue weighted by atomic mass is 10.2. The predicted octanol–water partition coefficient (Wildman–Crippen LogP) is 8.67. The van der Waals surface area contributed by atoms with E-state index in [-0.39, 0.29) is 38.0 Å². The van der Waals surface area contributed by atoms with E-state index in [9.17, 15) is 9.59 Å². The first kappa shape index (κ1) is 33.9. The van der Waals surface area contributed by atoms with Gasteiger partial charge in [0.05, 0.1) is 0 Å². The Morgan fingerprint density at radius 3 is 1.33 bits per heavy atom. The molecule has 0 amide bonds. The van der Waals surface area contributed by atoms with Crippen molar-refractivity contribution < 1.29 is 28.5 Å². The molecule has 0 aliphatic rings. The number of carbonyl (C=O) groups excluding carboxylic acids is 2. The zero-order chi connectivity index (χ0) is 32.7. The summed E-state index contributed by atoms with van der Waals surface area (Å²) in [6, 6.07) is 31.7. The minimum absolute atomic E-state index is 0.226. The lowest BCUT2D eigenvalue weighted by molar-refractivity contribution is -0.151. The van der Waals surface area contributed by atoms with Gasteiger partial charge in [-0.05, 0) is 112 Å². The average molecular weight is 625 g/mol. The summed E-state index contributed by atoms with van der Waals surface area (Å²) in [4.78, 5) is 24.6. The Kier molecular flexibility index (Phi) is 12.9. The lowest BCUT2D eigenvalue weighted by Gasteiger charge is -2.17. The van der Waals surface area contributed by atoms with Crippen LogP contribution in [0.2, 0.25) is 0 Å². The summed E-state index contributed by atoms with van der Waals surface area (Å²) >= 11 is 0. The molecule has 2 unspecified atom stereocenters. The molecule has 8 nitrogen and oxygen atoms in total. The van der Waals surface area contributed by atoms with Gasteiger partial charge in [-0.15, -0.1) is 0 Å². The van der Waals surface area contributed by atoms with Crippen LogP contribution in [0.1, 0.15) is 50.7 Å². The highest BCUT2D eigenvalue weighted by Gasteiger charge is 2.14. The van der Waals surface area contributed by atoms with E-state index >= 15 is 0 Å². The molecule has 8 heteroatoms. The van der Waals surface area contributed by atoms with Crippen molar-refractivity contribution in [1.82, 2.24) is 0 Å². The summed E-state index contributed by atoms with van der Waals surface area (Å²) in [6.07, 6.45) is 0.709. The van der Waals surface area contributed by atoms with E-state index in [1.165, 1.54) is 0 Å². The number of ether oxygens (including phenoxy) is 4. The second-order valence-electron chi connectivity index (χ2n) is 11.4. The molecule has 0 spiro atoms. The third-order valence-corrected chi connectivity index (χ3v) is 7.10. The summed E-state index contributed by atoms with van der Waals surface area (Å²) in [5.41, 5.74) is 5.92. The fourth-order valence-electron chi connectivity index (χ4n) is 4.74. The third-order valence-electron chi connectivity index (χ3n) is 7.10. The molecule has 0 fully saturated rings. The molecular weight excluding hydrogens is 580 g/mol. The number of aryl methyl sites for hydroxylation is 2. The first-order valence-corrected chi connectivity index (χ1v) is 15.7. The summed E-state index contributed by atoms with van der Waals surface area (Å²) in [7, 11) is 0. The van der Waals surface area contributed by atoms with Crippen LogP contribution in [0.4, 0.5) is 22.7 Å². The summed E-state index contributed by atoms with van der Waals surface area (Å²) < 4.78 is 22.8. The Hall–Kier alpha value is -4.98. The Morgan fingerprint density at radius 2 is 0.957 bits per heavy atom. The smallest absolute Gasteiger partial charge is 0.306 e. The first-order chi connectivity index (χ1) is 22.2. The molecular formula is C38H44N2O6. The minimum Gasteiger partial charge on any atom is -0.489 e. The van der Waals surface area contributed by atoms with E-state index in [1.807, 2.05) is 111 Å². The van der Waals surface area contributed by atoms with Crippen LogP contribution in [0.5, 0.6) is 11.5 Å². The Labute approximate surface area is 272 Å². The maximum Gasteiger partial charge on any atom is 0.306 e. The van der Waals surface area contributed by atoms with Crippen LogP contribution in [-0.4, -0.2) is 37.4 Å². The minimum atomic E-state index is -0.403. The number of rotatable bonds is 17. The number of benzene rings is 4. The fraction of sp³-hybridized carbons (Fsp3) is 0.316. The zero-order valence-corrected chi connectivity index (χ0v) is 27.1. The number of para-hydroxylation sites is 2. The lowest BCUT2D eigenvalue weighted by Crippen LogP contribution is -2.22. The molecule has 0 bridgehead atoms. The van der Waals surface area contributed by atoms with Crippen LogP contribution in [0.15, 0.2) is 97.1 Å². The van der Waals surface area contributed by atoms with Gasteiger partial charge >= 0.3 is 11.9 Å². The molecule has 2 atom stereocenters. The van der Waals surface area contributed by atoms with Gasteiger partial charge < -0.3 is 29.6 Å². The van der Waals surface area contributed by atoms with Gasteiger partial charge in [0, 0.05) is 35.6 Å². The molecule has 0 aliphatic carbocycles. The molecule has 2 N–H and O–H groups in total. The molecule has 0 aliphatic heterocycles. The number of hydrogen-bond acceptors (Lipinski definition) is 8. The SMILES string of the molecule is Cc1cc(Nc2ccccc2)ccc1OCC(C)OC(=O)CCCCC(=O)OC(C)COc1ccc(Nc2ccccc2)cc1C. The van der Waals surface area contributed by atoms with Gasteiger partial charge in [-0.25, -0.2) is 0 Å². The van der Waals surface area contributed by atoms with Crippen LogP contribution in [-0.2, 0) is 19.1 Å². The van der Waals surface area contributed by atoms with Crippen LogP contribution < -0.4 is 20.1 Å². The van der Waals surface area contributed by atoms with Crippen LogP contribution in [0.3, 0.4) is 0 Å². The monoisotopic (exact) mass is 624 g/mol. The van der Waals surface area contributed by atoms with E-state index in [4.69, 9.17) is 18.9 Å². The second-order valence-corrected chi connectivity index (χ2v) is 11.4. The van der Waals surface area contributed by atoms with Gasteiger partial charge in [0.1, 0.15) is 36.9 Å². The van der Waals surface area contributed by atoms with Crippen molar-refractivity contribution in [3.8, 4) is 11.5 Å². The highest BCUT2D eigenvalue weighted by molar-refractivity contribution is 5.71. The van der Waals surface area contributed by atoms with Crippen LogP contribution >= 0.6 is 0 Å². The molecule has 46 heavy (non-hydrogen) atoms. The quantitative estimate of drug-likeness (QED) is 0.0890. The molecule has 4 aromatic rings. The van der Waals surface area contributed by atoms with Crippen molar-refractivity contribution in [2.75, 3.05) is 23.8 Å². The van der Waals surface area contributed by atoms with Gasteiger partial charge in [0.25, 0.3) is 0 Å². The molecule has 242 valence electrons. The third kappa shape index (κ3) is 11.5. The zero-order valence-electron chi connectivity index (χ0n) is 27.1. The van der Waals surface area contributed by atoms with E-state index in [0.29, 0.717) is 12.8 Å². The average Bonchev–Trinajstić information content (AvgIpc) is 3.03. The second kappa shape index (κ2) is 17.5. The van der Waals surface area contributed by atoms with Crippen molar-refractivity contribution in [2.24, 2.45) is 0 Å². The molecule has 0 aromatic heterocycles. The predicted molar refractivity (Wildman–Crippen MR) is 182 cm³/mol. The molecule has 0 saturated heterocycles. The normalized spacial score (nSPS) is 12.0. The summed E-state index contributed by atoms with van der Waals surface area (Å²) in [6.45, 7) is 8.06. The largest absolute Gasteiger partial charge is 0.489 e. The topological polar surface area (TPSA) is 95.1 Å². The number of anilines is 4. The van der Waals surface area contributed by atoms with E-state index in [1.54, 1.807) is 13.8 Å². The number of hydrogen-bond donors (Lipinski definition) is 2. The number of unbranched alkanes of at least 4 members (excludes halogenated alkanes) is 1. The number of esters is 2. The molecule has 4 rings (SSSR count). The number of nitrogens with one attached hydrogen (secondary N) is 2. The van der Waals surface area contributed by atoms with Crippen molar-refractivity contribution in [3.63, 3.8) is 0 Å². The van der Waals surface area contributed by atoms with Gasteiger partial charge in [-0.2, -0.15) is 0 Å². The van der Waals surface area contributed by atoms with Crippen molar-refractivity contribution in [1.29, 1.82) is 0 Å². The molecule has 4 aromatic carbocycles. The fourth-order valence-corrected chi connectivity index (χ4v) is 4.74. The van der Waals surface area contributed by atoms with Gasteiger partial charge in [-0.1, -0.05) is 36.4 Å². The Bertz CT molecular complexity index is 1430. The van der Waals surface area contributed by atoms with Crippen LogP contribution in [0.25, 0.3) is 0 Å². The number of carbonyl (C=O) groups is 2. The van der Waals surface area contributed by atoms with Crippen molar-refractivity contribution >= 4 is 34.7 Å². The van der Waals surface area contributed by atoms with E-state index < -0.39 is 12.2 Å². The van der Waals surface area contributed by atoms with Crippen LogP contribution in [0, 0.1) is 13.8 Å². The molecule has 0 radical (unpaired) electrons. The molecule has 0 heterocycles. The first-order valence-electron chi connectivity index (χ1n) is 15.7. The van der Waals surface area contributed by atoms with Crippen molar-refractivity contribution in [3.05, 3.63) is 108 Å². The van der Waals surface area contributed by atoms with E-state index in [2.05, 4.69) is 10.6 Å². The van der Waals surface area contributed by atoms with E-state index in [0.717, 1.165) is 45.4 Å². The standard InChI is InChI=1S/C38H44N2O6/c1-27-23-33(39-31-13-7-5-8-14-31)19-21-35(27)43-25-29(3)45-37(41)17-11-12-18-38(42)46-30(4)26-44-36-22-20-34(24-28(36)2)40-32-15-9-6-10-16-32/h5-10,13-16,19-24,29-30,39-40H,11-12,17-18,25-26H2,1-4H3. The molecule has 0 saturated carbocycles. The van der Waals surface area contributed by atoms with Crippen molar-refractivity contribution in [2.45, 2.75) is 65.6 Å². The summed E-state index contributed by atoms with van der Waals surface area (Å²) in [5.74, 6) is 0.851. The Morgan fingerprint density at radius 1 is 0.565 bits per heavy atom. The maximum absolute atomic E-state index is 12.3. The highest BCUT2D eigenvalue weighted by Crippen LogP contribution is 2.26. The van der Waals surface area contributed by atoms with Gasteiger partial charge in [0.2, 0.25) is 0 Å². The summed E-state index contributed by atoms with van der Waals surface area (Å²) in [5, 5.41) is 6.73.